The Morgan fingerprint density at radius 1 is 1.17 bits per heavy atom. The van der Waals surface area contributed by atoms with Gasteiger partial charge < -0.3 is 10.6 Å². The van der Waals surface area contributed by atoms with E-state index >= 15 is 0 Å². The third-order valence-electron chi connectivity index (χ3n) is 3.83. The number of nitrogens with zero attached hydrogens (tertiary/aromatic N) is 1. The maximum absolute atomic E-state index is 12.5. The minimum Gasteiger partial charge on any atom is -0.351 e. The number of carbonyl (C=O) groups is 2. The second kappa shape index (κ2) is 7.45. The van der Waals surface area contributed by atoms with E-state index in [0.717, 1.165) is 11.1 Å². The van der Waals surface area contributed by atoms with Gasteiger partial charge in [-0.15, -0.1) is 0 Å². The van der Waals surface area contributed by atoms with Crippen molar-refractivity contribution in [3.8, 4) is 0 Å². The monoisotopic (exact) mass is 345 g/mol. The average Bonchev–Trinajstić information content (AvgIpc) is 2.57. The van der Waals surface area contributed by atoms with E-state index in [4.69, 9.17) is 11.6 Å². The lowest BCUT2D eigenvalue weighted by Gasteiger charge is -2.23. The van der Waals surface area contributed by atoms with Gasteiger partial charge in [0.25, 0.3) is 0 Å². The predicted octanol–water partition coefficient (Wildman–Crippen LogP) is 3.32. The Bertz CT molecular complexity index is 745. The summed E-state index contributed by atoms with van der Waals surface area (Å²) in [7, 11) is 0. The summed E-state index contributed by atoms with van der Waals surface area (Å²) in [6.07, 6.45) is 3.33. The molecule has 2 rings (SSSR count). The highest BCUT2D eigenvalue weighted by Gasteiger charge is 2.36. The van der Waals surface area contributed by atoms with Crippen LogP contribution in [-0.4, -0.2) is 16.8 Å². The molecule has 0 aliphatic heterocycles. The summed E-state index contributed by atoms with van der Waals surface area (Å²) in [6.45, 7) is 5.30. The molecule has 126 valence electrons. The fourth-order valence-electron chi connectivity index (χ4n) is 2.03. The van der Waals surface area contributed by atoms with E-state index in [0.29, 0.717) is 17.3 Å². The molecule has 5 nitrogen and oxygen atoms in total. The van der Waals surface area contributed by atoms with Crippen molar-refractivity contribution in [1.82, 2.24) is 10.3 Å². The standard InChI is InChI=1S/C18H20ClN3O2/c1-12-14(19)7-4-8-15(12)22-17(24)18(2,3)16(23)21-11-13-6-5-9-20-10-13/h4-10H,11H2,1-3H3,(H,21,23)(H,22,24). The van der Waals surface area contributed by atoms with Gasteiger partial charge in [0.1, 0.15) is 5.41 Å². The summed E-state index contributed by atoms with van der Waals surface area (Å²) in [6, 6.07) is 8.90. The van der Waals surface area contributed by atoms with E-state index in [1.807, 2.05) is 13.0 Å². The number of rotatable bonds is 5. The summed E-state index contributed by atoms with van der Waals surface area (Å²) in [5.74, 6) is -0.750. The maximum Gasteiger partial charge on any atom is 0.239 e. The van der Waals surface area contributed by atoms with Crippen LogP contribution in [0, 0.1) is 12.3 Å². The Balaban J connectivity index is 2.03. The van der Waals surface area contributed by atoms with Crippen molar-refractivity contribution in [3.63, 3.8) is 0 Å². The highest BCUT2D eigenvalue weighted by molar-refractivity contribution is 6.31. The third kappa shape index (κ3) is 4.11. The topological polar surface area (TPSA) is 71.1 Å². The van der Waals surface area contributed by atoms with Crippen LogP contribution in [0.25, 0.3) is 0 Å². The first-order chi connectivity index (χ1) is 11.3. The lowest BCUT2D eigenvalue weighted by Crippen LogP contribution is -2.45. The Hall–Kier alpha value is -2.40. The molecule has 1 aromatic heterocycles. The molecular weight excluding hydrogens is 326 g/mol. The Kier molecular flexibility index (Phi) is 5.57. The molecular formula is C18H20ClN3O2. The minimum absolute atomic E-state index is 0.319. The number of benzene rings is 1. The largest absolute Gasteiger partial charge is 0.351 e. The van der Waals surface area contributed by atoms with Crippen LogP contribution >= 0.6 is 11.6 Å². The first-order valence-electron chi connectivity index (χ1n) is 7.56. The number of nitrogens with one attached hydrogen (secondary N) is 2. The van der Waals surface area contributed by atoms with E-state index in [2.05, 4.69) is 15.6 Å². The van der Waals surface area contributed by atoms with E-state index in [1.54, 1.807) is 50.5 Å². The van der Waals surface area contributed by atoms with Crippen molar-refractivity contribution < 1.29 is 9.59 Å². The molecule has 0 atom stereocenters. The minimum atomic E-state index is -1.23. The quantitative estimate of drug-likeness (QED) is 0.816. The van der Waals surface area contributed by atoms with E-state index in [1.165, 1.54) is 0 Å². The zero-order valence-electron chi connectivity index (χ0n) is 13.9. The molecule has 2 amide bonds. The number of anilines is 1. The molecule has 0 saturated heterocycles. The lowest BCUT2D eigenvalue weighted by molar-refractivity contribution is -0.138. The fourth-order valence-corrected chi connectivity index (χ4v) is 2.21. The average molecular weight is 346 g/mol. The molecule has 1 heterocycles. The van der Waals surface area contributed by atoms with Crippen LogP contribution in [0.15, 0.2) is 42.7 Å². The molecule has 0 spiro atoms. The number of pyridine rings is 1. The van der Waals surface area contributed by atoms with Gasteiger partial charge >= 0.3 is 0 Å². The Morgan fingerprint density at radius 3 is 2.58 bits per heavy atom. The van der Waals surface area contributed by atoms with Crippen molar-refractivity contribution in [3.05, 3.63) is 58.9 Å². The molecule has 0 unspecified atom stereocenters. The summed E-state index contributed by atoms with van der Waals surface area (Å²) in [5, 5.41) is 6.10. The SMILES string of the molecule is Cc1c(Cl)cccc1NC(=O)C(C)(C)C(=O)NCc1cccnc1. The number of amides is 2. The molecule has 0 bridgehead atoms. The fraction of sp³-hybridized carbons (Fsp3) is 0.278. The summed E-state index contributed by atoms with van der Waals surface area (Å²) >= 11 is 6.06. The van der Waals surface area contributed by atoms with Crippen molar-refractivity contribution in [2.24, 2.45) is 5.41 Å². The zero-order valence-corrected chi connectivity index (χ0v) is 14.6. The van der Waals surface area contributed by atoms with Crippen molar-refractivity contribution in [1.29, 1.82) is 0 Å². The highest BCUT2D eigenvalue weighted by atomic mass is 35.5. The van der Waals surface area contributed by atoms with Gasteiger partial charge in [-0.25, -0.2) is 0 Å². The van der Waals surface area contributed by atoms with Gasteiger partial charge in [-0.1, -0.05) is 23.7 Å². The van der Waals surface area contributed by atoms with Crippen LogP contribution in [0.5, 0.6) is 0 Å². The van der Waals surface area contributed by atoms with Gasteiger partial charge in [-0.3, -0.25) is 14.6 Å². The maximum atomic E-state index is 12.5. The second-order valence-corrected chi connectivity index (χ2v) is 6.44. The molecule has 6 heteroatoms. The second-order valence-electron chi connectivity index (χ2n) is 6.04. The summed E-state index contributed by atoms with van der Waals surface area (Å²) in [5.41, 5.74) is 1.00. The Morgan fingerprint density at radius 2 is 1.92 bits per heavy atom. The van der Waals surface area contributed by atoms with Gasteiger partial charge in [0.05, 0.1) is 0 Å². The third-order valence-corrected chi connectivity index (χ3v) is 4.24. The first kappa shape index (κ1) is 17.9. The summed E-state index contributed by atoms with van der Waals surface area (Å²) in [4.78, 5) is 28.9. The van der Waals surface area contributed by atoms with Crippen molar-refractivity contribution in [2.45, 2.75) is 27.3 Å². The normalized spacial score (nSPS) is 11.0. The van der Waals surface area contributed by atoms with Crippen LogP contribution in [0.2, 0.25) is 5.02 Å². The number of halogens is 1. The van der Waals surface area contributed by atoms with Gasteiger partial charge in [0.2, 0.25) is 11.8 Å². The van der Waals surface area contributed by atoms with Crippen molar-refractivity contribution >= 4 is 29.1 Å². The molecule has 0 radical (unpaired) electrons. The van der Waals surface area contributed by atoms with Gasteiger partial charge in [-0.2, -0.15) is 0 Å². The first-order valence-corrected chi connectivity index (χ1v) is 7.94. The Labute approximate surface area is 146 Å². The molecule has 0 fully saturated rings. The molecule has 2 N–H and O–H groups in total. The number of hydrogen-bond donors (Lipinski definition) is 2. The molecule has 0 saturated carbocycles. The van der Waals surface area contributed by atoms with Crippen LogP contribution in [0.1, 0.15) is 25.0 Å². The van der Waals surface area contributed by atoms with E-state index in [-0.39, 0.29) is 5.91 Å². The van der Waals surface area contributed by atoms with Crippen LogP contribution in [0.3, 0.4) is 0 Å². The van der Waals surface area contributed by atoms with E-state index < -0.39 is 11.3 Å². The number of hydrogen-bond acceptors (Lipinski definition) is 3. The molecule has 0 aliphatic rings. The number of aromatic nitrogens is 1. The summed E-state index contributed by atoms with van der Waals surface area (Å²) < 4.78 is 0. The predicted molar refractivity (Wildman–Crippen MR) is 94.7 cm³/mol. The highest BCUT2D eigenvalue weighted by Crippen LogP contribution is 2.25. The van der Waals surface area contributed by atoms with Gasteiger partial charge in [0.15, 0.2) is 0 Å². The zero-order chi connectivity index (χ0) is 17.7. The molecule has 2 aromatic rings. The molecule has 0 aliphatic carbocycles. The van der Waals surface area contributed by atoms with Gasteiger partial charge in [-0.05, 0) is 50.1 Å². The van der Waals surface area contributed by atoms with Crippen LogP contribution in [-0.2, 0) is 16.1 Å². The molecule has 1 aromatic carbocycles. The van der Waals surface area contributed by atoms with Crippen molar-refractivity contribution in [2.75, 3.05) is 5.32 Å². The smallest absolute Gasteiger partial charge is 0.239 e. The van der Waals surface area contributed by atoms with Gasteiger partial charge in [0, 0.05) is 29.6 Å². The van der Waals surface area contributed by atoms with E-state index in [9.17, 15) is 9.59 Å². The molecule has 24 heavy (non-hydrogen) atoms. The van der Waals surface area contributed by atoms with Crippen LogP contribution in [0.4, 0.5) is 5.69 Å². The number of carbonyl (C=O) groups excluding carboxylic acids is 2. The van der Waals surface area contributed by atoms with Crippen LogP contribution < -0.4 is 10.6 Å². The lowest BCUT2D eigenvalue weighted by atomic mass is 9.90.